The van der Waals surface area contributed by atoms with E-state index in [0.717, 1.165) is 24.9 Å². The van der Waals surface area contributed by atoms with Gasteiger partial charge < -0.3 is 9.80 Å². The molecule has 2 fully saturated rings. The van der Waals surface area contributed by atoms with Gasteiger partial charge in [-0.2, -0.15) is 9.29 Å². The Balaban J connectivity index is 1.46. The van der Waals surface area contributed by atoms with Gasteiger partial charge in [-0.25, -0.2) is 13.4 Å². The van der Waals surface area contributed by atoms with Gasteiger partial charge in [0.25, 0.3) is 0 Å². The van der Waals surface area contributed by atoms with Crippen molar-refractivity contribution in [2.45, 2.75) is 31.1 Å². The van der Waals surface area contributed by atoms with E-state index in [4.69, 9.17) is 16.6 Å². The van der Waals surface area contributed by atoms with Gasteiger partial charge in [0.2, 0.25) is 16.0 Å². The highest BCUT2D eigenvalue weighted by atomic mass is 35.5. The molecule has 9 heteroatoms. The summed E-state index contributed by atoms with van der Waals surface area (Å²) in [4.78, 5) is 13.8. The normalized spacial score (nSPS) is 18.8. The molecule has 156 valence electrons. The quantitative estimate of drug-likeness (QED) is 0.735. The molecule has 4 rings (SSSR count). The summed E-state index contributed by atoms with van der Waals surface area (Å²) in [5.74, 6) is 1.63. The highest BCUT2D eigenvalue weighted by Gasteiger charge is 2.30. The lowest BCUT2D eigenvalue weighted by Gasteiger charge is -2.35. The highest BCUT2D eigenvalue weighted by Crippen LogP contribution is 2.27. The van der Waals surface area contributed by atoms with Crippen LogP contribution in [-0.2, 0) is 10.0 Å². The van der Waals surface area contributed by atoms with Gasteiger partial charge in [0.05, 0.1) is 4.90 Å². The van der Waals surface area contributed by atoms with Gasteiger partial charge >= 0.3 is 0 Å². The van der Waals surface area contributed by atoms with Crippen LogP contribution >= 0.6 is 11.6 Å². The lowest BCUT2D eigenvalue weighted by atomic mass is 10.1. The van der Waals surface area contributed by atoms with Crippen LogP contribution in [0.3, 0.4) is 0 Å². The van der Waals surface area contributed by atoms with Crippen LogP contribution in [0.5, 0.6) is 0 Å². The van der Waals surface area contributed by atoms with E-state index in [1.54, 1.807) is 31.3 Å². The van der Waals surface area contributed by atoms with E-state index >= 15 is 0 Å². The second-order valence-corrected chi connectivity index (χ2v) is 9.83. The van der Waals surface area contributed by atoms with Crippen molar-refractivity contribution in [2.75, 3.05) is 49.1 Å². The molecule has 1 aromatic heterocycles. The number of anilines is 2. The maximum Gasteiger partial charge on any atom is 0.243 e. The Morgan fingerprint density at radius 2 is 1.66 bits per heavy atom. The first-order valence-electron chi connectivity index (χ1n) is 10.0. The summed E-state index contributed by atoms with van der Waals surface area (Å²) >= 11 is 6.13. The summed E-state index contributed by atoms with van der Waals surface area (Å²) in [6.07, 6.45) is 5.41. The third kappa shape index (κ3) is 4.20. The van der Waals surface area contributed by atoms with Gasteiger partial charge in [0, 0.05) is 50.5 Å². The molecule has 0 N–H and O–H groups in total. The third-order valence-corrected chi connectivity index (χ3v) is 8.12. The molecule has 29 heavy (non-hydrogen) atoms. The molecule has 0 unspecified atom stereocenters. The van der Waals surface area contributed by atoms with E-state index < -0.39 is 10.0 Å². The van der Waals surface area contributed by atoms with Crippen molar-refractivity contribution in [2.24, 2.45) is 0 Å². The zero-order valence-electron chi connectivity index (χ0n) is 16.6. The summed E-state index contributed by atoms with van der Waals surface area (Å²) in [5, 5.41) is 0.468. The van der Waals surface area contributed by atoms with E-state index in [-0.39, 0.29) is 4.90 Å². The number of hydrogen-bond acceptors (Lipinski definition) is 6. The summed E-state index contributed by atoms with van der Waals surface area (Å²) in [7, 11) is -3.56. The molecule has 2 aliphatic heterocycles. The smallest absolute Gasteiger partial charge is 0.243 e. The minimum Gasteiger partial charge on any atom is -0.354 e. The first-order valence-corrected chi connectivity index (χ1v) is 11.9. The van der Waals surface area contributed by atoms with Crippen LogP contribution in [-0.4, -0.2) is 62.0 Å². The monoisotopic (exact) mass is 435 g/mol. The number of sulfonamides is 1. The molecule has 3 heterocycles. The molecule has 0 radical (unpaired) electrons. The Hall–Kier alpha value is -1.90. The number of nitrogens with zero attached hydrogens (tertiary/aromatic N) is 5. The molecule has 0 bridgehead atoms. The van der Waals surface area contributed by atoms with Crippen molar-refractivity contribution in [3.05, 3.63) is 41.0 Å². The second kappa shape index (κ2) is 8.45. The van der Waals surface area contributed by atoms with Crippen molar-refractivity contribution < 1.29 is 8.42 Å². The molecule has 2 aromatic rings. The number of benzene rings is 1. The van der Waals surface area contributed by atoms with Gasteiger partial charge in [0.15, 0.2) is 0 Å². The molecule has 0 atom stereocenters. The second-order valence-electron chi connectivity index (χ2n) is 7.52. The number of hydrogen-bond donors (Lipinski definition) is 0. The summed E-state index contributed by atoms with van der Waals surface area (Å²) in [6.45, 7) is 5.75. The molecule has 1 aromatic carbocycles. The van der Waals surface area contributed by atoms with Gasteiger partial charge in [-0.05, 0) is 49.9 Å². The molecule has 0 spiro atoms. The largest absolute Gasteiger partial charge is 0.354 e. The number of piperidine rings is 1. The average Bonchev–Trinajstić information content (AvgIpc) is 2.76. The number of halogens is 1. The maximum absolute atomic E-state index is 13.1. The lowest BCUT2D eigenvalue weighted by molar-refractivity contribution is 0.383. The Kier molecular flexibility index (Phi) is 5.94. The van der Waals surface area contributed by atoms with E-state index in [1.807, 2.05) is 6.07 Å². The van der Waals surface area contributed by atoms with Gasteiger partial charge in [-0.3, -0.25) is 0 Å². The number of aromatic nitrogens is 2. The predicted molar refractivity (Wildman–Crippen MR) is 115 cm³/mol. The van der Waals surface area contributed by atoms with Crippen LogP contribution in [0.4, 0.5) is 11.8 Å². The number of piperazine rings is 1. The van der Waals surface area contributed by atoms with Crippen LogP contribution in [0.2, 0.25) is 5.02 Å². The van der Waals surface area contributed by atoms with Crippen LogP contribution < -0.4 is 9.80 Å². The number of rotatable bonds is 4. The van der Waals surface area contributed by atoms with Crippen LogP contribution in [0.1, 0.15) is 24.8 Å². The van der Waals surface area contributed by atoms with Crippen LogP contribution in [0, 0.1) is 6.92 Å². The van der Waals surface area contributed by atoms with Crippen molar-refractivity contribution in [3.8, 4) is 0 Å². The standard InChI is InChI=1S/C20H26ClN5O2S/c1-16-17(21)6-5-7-18(16)29(27,28)26-14-12-24(13-15-26)19-8-9-22-20(23-19)25-10-3-2-4-11-25/h5-9H,2-4,10-15H2,1H3. The molecule has 7 nitrogen and oxygen atoms in total. The van der Waals surface area contributed by atoms with E-state index in [9.17, 15) is 8.42 Å². The topological polar surface area (TPSA) is 69.6 Å². The average molecular weight is 436 g/mol. The van der Waals surface area contributed by atoms with Crippen molar-refractivity contribution in [1.82, 2.24) is 14.3 Å². The van der Waals surface area contributed by atoms with Crippen molar-refractivity contribution in [3.63, 3.8) is 0 Å². The first kappa shape index (κ1) is 20.4. The molecule has 2 saturated heterocycles. The fourth-order valence-corrected chi connectivity index (χ4v) is 5.83. The summed E-state index contributed by atoms with van der Waals surface area (Å²) in [5.41, 5.74) is 0.596. The molecule has 0 saturated carbocycles. The minimum absolute atomic E-state index is 0.285. The van der Waals surface area contributed by atoms with Crippen molar-refractivity contribution in [1.29, 1.82) is 0 Å². The van der Waals surface area contributed by atoms with E-state index in [0.29, 0.717) is 36.8 Å². The minimum atomic E-state index is -3.56. The predicted octanol–water partition coefficient (Wildman–Crippen LogP) is 2.94. The summed E-state index contributed by atoms with van der Waals surface area (Å²) < 4.78 is 27.7. The Bertz CT molecular complexity index is 971. The molecule has 0 aliphatic carbocycles. The maximum atomic E-state index is 13.1. The zero-order valence-corrected chi connectivity index (χ0v) is 18.2. The van der Waals surface area contributed by atoms with Crippen molar-refractivity contribution >= 4 is 33.4 Å². The highest BCUT2D eigenvalue weighted by molar-refractivity contribution is 7.89. The molecule has 2 aliphatic rings. The zero-order chi connectivity index (χ0) is 20.4. The fraction of sp³-hybridized carbons (Fsp3) is 0.500. The van der Waals surface area contributed by atoms with Crippen LogP contribution in [0.15, 0.2) is 35.4 Å². The SMILES string of the molecule is Cc1c(Cl)cccc1S(=O)(=O)N1CCN(c2ccnc(N3CCCCC3)n2)CC1. The summed E-state index contributed by atoms with van der Waals surface area (Å²) in [6, 6.07) is 6.92. The Labute approximate surface area is 177 Å². The molecular weight excluding hydrogens is 410 g/mol. The molecular formula is C20H26ClN5O2S. The van der Waals surface area contributed by atoms with Gasteiger partial charge in [0.1, 0.15) is 5.82 Å². The third-order valence-electron chi connectivity index (χ3n) is 5.67. The van der Waals surface area contributed by atoms with Gasteiger partial charge in [-0.15, -0.1) is 0 Å². The lowest BCUT2D eigenvalue weighted by Crippen LogP contribution is -2.49. The van der Waals surface area contributed by atoms with E-state index in [2.05, 4.69) is 14.8 Å². The Morgan fingerprint density at radius 3 is 2.38 bits per heavy atom. The molecule has 0 amide bonds. The van der Waals surface area contributed by atoms with Crippen LogP contribution in [0.25, 0.3) is 0 Å². The van der Waals surface area contributed by atoms with Gasteiger partial charge in [-0.1, -0.05) is 17.7 Å². The first-order chi connectivity index (χ1) is 14.0. The van der Waals surface area contributed by atoms with E-state index in [1.165, 1.54) is 23.6 Å². The fourth-order valence-electron chi connectivity index (χ4n) is 3.93. The Morgan fingerprint density at radius 1 is 0.931 bits per heavy atom.